The molecule has 31 heavy (non-hydrogen) atoms. The second-order valence-corrected chi connectivity index (χ2v) is 9.35. The molecule has 1 N–H and O–H groups in total. The number of para-hydroxylation sites is 2. The first-order valence-corrected chi connectivity index (χ1v) is 11.7. The molecule has 0 radical (unpaired) electrons. The molecule has 1 atom stereocenters. The van der Waals surface area contributed by atoms with Gasteiger partial charge in [-0.1, -0.05) is 23.5 Å². The number of thiazole rings is 1. The summed E-state index contributed by atoms with van der Waals surface area (Å²) in [5, 5.41) is 4.51. The molecule has 4 heterocycles. The second-order valence-electron chi connectivity index (χ2n) is 8.31. The number of fused-ring (bicyclic) bond motifs is 3. The minimum Gasteiger partial charge on any atom is -0.486 e. The number of nitrogens with one attached hydrogen (secondary N) is 1. The standard InChI is InChI=1S/C23H25N3O4S/c1-2-4-19-18(3-1)27-13-16(30-19)12-26-7-5-15(6-8-26)11-24-23-25-17-9-20-21(29-14-28-20)10-22(17)31-23/h1-4,9-10,15-16H,5-8,11-14H2,(H,24,25). The molecule has 1 fully saturated rings. The Labute approximate surface area is 184 Å². The van der Waals surface area contributed by atoms with Gasteiger partial charge in [0.2, 0.25) is 6.79 Å². The van der Waals surface area contributed by atoms with Gasteiger partial charge in [0.15, 0.2) is 28.1 Å². The highest BCUT2D eigenvalue weighted by Gasteiger charge is 2.26. The molecule has 1 aromatic heterocycles. The van der Waals surface area contributed by atoms with E-state index in [2.05, 4.69) is 10.2 Å². The van der Waals surface area contributed by atoms with Crippen molar-refractivity contribution in [2.75, 3.05) is 44.9 Å². The molecule has 1 unspecified atom stereocenters. The number of anilines is 1. The number of likely N-dealkylation sites (tertiary alicyclic amines) is 1. The molecule has 2 aromatic carbocycles. The highest BCUT2D eigenvalue weighted by Crippen LogP contribution is 2.39. The number of benzene rings is 2. The molecule has 0 saturated carbocycles. The van der Waals surface area contributed by atoms with Crippen LogP contribution in [0.3, 0.4) is 0 Å². The number of hydrogen-bond donors (Lipinski definition) is 1. The summed E-state index contributed by atoms with van der Waals surface area (Å²) < 4.78 is 24.0. The number of rotatable bonds is 5. The predicted molar refractivity (Wildman–Crippen MR) is 120 cm³/mol. The fourth-order valence-corrected chi connectivity index (χ4v) is 5.32. The van der Waals surface area contributed by atoms with Gasteiger partial charge in [-0.25, -0.2) is 4.98 Å². The van der Waals surface area contributed by atoms with Crippen molar-refractivity contribution in [1.82, 2.24) is 9.88 Å². The summed E-state index contributed by atoms with van der Waals surface area (Å²) in [5.74, 6) is 3.96. The van der Waals surface area contributed by atoms with Crippen molar-refractivity contribution in [1.29, 1.82) is 0 Å². The molecule has 1 saturated heterocycles. The summed E-state index contributed by atoms with van der Waals surface area (Å²) in [7, 11) is 0. The van der Waals surface area contributed by atoms with Crippen molar-refractivity contribution >= 4 is 26.7 Å². The van der Waals surface area contributed by atoms with E-state index in [0.29, 0.717) is 19.3 Å². The van der Waals surface area contributed by atoms with Crippen molar-refractivity contribution in [3.8, 4) is 23.0 Å². The maximum Gasteiger partial charge on any atom is 0.231 e. The normalized spacial score (nSPS) is 20.8. The zero-order valence-electron chi connectivity index (χ0n) is 17.2. The van der Waals surface area contributed by atoms with Crippen molar-refractivity contribution in [3.05, 3.63) is 36.4 Å². The van der Waals surface area contributed by atoms with Crippen LogP contribution in [0.25, 0.3) is 10.2 Å². The highest BCUT2D eigenvalue weighted by atomic mass is 32.1. The van der Waals surface area contributed by atoms with E-state index in [0.717, 1.165) is 64.5 Å². The molecule has 0 aliphatic carbocycles. The van der Waals surface area contributed by atoms with Gasteiger partial charge in [0, 0.05) is 25.2 Å². The Morgan fingerprint density at radius 2 is 1.81 bits per heavy atom. The van der Waals surface area contributed by atoms with Gasteiger partial charge >= 0.3 is 0 Å². The Balaban J connectivity index is 0.987. The third kappa shape index (κ3) is 3.97. The van der Waals surface area contributed by atoms with Crippen LogP contribution in [0.5, 0.6) is 23.0 Å². The van der Waals surface area contributed by atoms with Crippen molar-refractivity contribution in [3.63, 3.8) is 0 Å². The quantitative estimate of drug-likeness (QED) is 0.645. The molecular formula is C23H25N3O4S. The first-order chi connectivity index (χ1) is 15.3. The number of ether oxygens (including phenoxy) is 4. The SMILES string of the molecule is c1ccc2c(c1)OCC(CN1CCC(CNc3nc4cc5c(cc4s3)OCO5)CC1)O2. The number of hydrogen-bond acceptors (Lipinski definition) is 8. The van der Waals surface area contributed by atoms with E-state index in [1.807, 2.05) is 36.4 Å². The smallest absolute Gasteiger partial charge is 0.231 e. The van der Waals surface area contributed by atoms with Gasteiger partial charge in [-0.05, 0) is 44.0 Å². The van der Waals surface area contributed by atoms with Crippen molar-refractivity contribution in [2.45, 2.75) is 18.9 Å². The second kappa shape index (κ2) is 8.09. The van der Waals surface area contributed by atoms with Crippen LogP contribution in [0.2, 0.25) is 0 Å². The molecule has 0 amide bonds. The zero-order chi connectivity index (χ0) is 20.6. The first-order valence-electron chi connectivity index (χ1n) is 10.8. The average Bonchev–Trinajstić information content (AvgIpc) is 3.42. The van der Waals surface area contributed by atoms with Gasteiger partial charge in [-0.15, -0.1) is 0 Å². The van der Waals surface area contributed by atoms with E-state index in [9.17, 15) is 0 Å². The summed E-state index contributed by atoms with van der Waals surface area (Å²) in [6.45, 7) is 4.97. The number of aromatic nitrogens is 1. The van der Waals surface area contributed by atoms with E-state index in [-0.39, 0.29) is 6.10 Å². The van der Waals surface area contributed by atoms with Gasteiger partial charge in [0.25, 0.3) is 0 Å². The van der Waals surface area contributed by atoms with Crippen molar-refractivity contribution in [2.24, 2.45) is 5.92 Å². The predicted octanol–water partition coefficient (Wildman–Crippen LogP) is 3.99. The summed E-state index contributed by atoms with van der Waals surface area (Å²) in [6.07, 6.45) is 2.46. The number of piperidine rings is 1. The van der Waals surface area contributed by atoms with Gasteiger partial charge in [0.1, 0.15) is 12.7 Å². The van der Waals surface area contributed by atoms with E-state index in [1.165, 1.54) is 12.8 Å². The third-order valence-electron chi connectivity index (χ3n) is 6.16. The van der Waals surface area contributed by atoms with Crippen LogP contribution in [-0.2, 0) is 0 Å². The van der Waals surface area contributed by atoms with Crippen LogP contribution in [0, 0.1) is 5.92 Å². The highest BCUT2D eigenvalue weighted by molar-refractivity contribution is 7.22. The minimum atomic E-state index is 0.0990. The monoisotopic (exact) mass is 439 g/mol. The third-order valence-corrected chi connectivity index (χ3v) is 7.14. The molecule has 3 aliphatic heterocycles. The minimum absolute atomic E-state index is 0.0990. The Hall–Kier alpha value is -2.71. The molecule has 3 aliphatic rings. The van der Waals surface area contributed by atoms with Crippen LogP contribution in [-0.4, -0.2) is 55.6 Å². The molecule has 0 spiro atoms. The van der Waals surface area contributed by atoms with Gasteiger partial charge < -0.3 is 24.3 Å². The topological polar surface area (TPSA) is 65.1 Å². The first kappa shape index (κ1) is 19.0. The summed E-state index contributed by atoms with van der Waals surface area (Å²) in [6, 6.07) is 11.9. The lowest BCUT2D eigenvalue weighted by molar-refractivity contribution is 0.0485. The molecular weight excluding hydrogens is 414 g/mol. The van der Waals surface area contributed by atoms with E-state index in [1.54, 1.807) is 11.3 Å². The fourth-order valence-electron chi connectivity index (χ4n) is 4.44. The molecule has 8 heteroatoms. The molecule has 7 nitrogen and oxygen atoms in total. The summed E-state index contributed by atoms with van der Waals surface area (Å²) in [4.78, 5) is 7.21. The number of nitrogens with zero attached hydrogens (tertiary/aromatic N) is 2. The van der Waals surface area contributed by atoms with Crippen LogP contribution in [0.4, 0.5) is 5.13 Å². The molecule has 3 aromatic rings. The lowest BCUT2D eigenvalue weighted by Gasteiger charge is -2.35. The maximum absolute atomic E-state index is 6.12. The summed E-state index contributed by atoms with van der Waals surface area (Å²) in [5.41, 5.74) is 0.961. The van der Waals surface area contributed by atoms with Crippen LogP contribution < -0.4 is 24.3 Å². The van der Waals surface area contributed by atoms with Gasteiger partial charge in [-0.3, -0.25) is 4.90 Å². The van der Waals surface area contributed by atoms with E-state index < -0.39 is 0 Å². The largest absolute Gasteiger partial charge is 0.486 e. The Bertz CT molecular complexity index is 1040. The lowest BCUT2D eigenvalue weighted by Crippen LogP contribution is -2.44. The Kier molecular flexibility index (Phi) is 4.96. The maximum atomic E-state index is 6.12. The van der Waals surface area contributed by atoms with Crippen molar-refractivity contribution < 1.29 is 18.9 Å². The van der Waals surface area contributed by atoms with E-state index >= 15 is 0 Å². The average molecular weight is 440 g/mol. The zero-order valence-corrected chi connectivity index (χ0v) is 18.0. The Morgan fingerprint density at radius 3 is 2.68 bits per heavy atom. The van der Waals surface area contributed by atoms with Crippen LogP contribution in [0.15, 0.2) is 36.4 Å². The molecule has 162 valence electrons. The Morgan fingerprint density at radius 1 is 1.00 bits per heavy atom. The van der Waals surface area contributed by atoms with E-state index in [4.69, 9.17) is 23.9 Å². The van der Waals surface area contributed by atoms with Gasteiger partial charge in [0.05, 0.1) is 10.2 Å². The van der Waals surface area contributed by atoms with Gasteiger partial charge in [-0.2, -0.15) is 0 Å². The fraction of sp³-hybridized carbons (Fsp3) is 0.435. The summed E-state index contributed by atoms with van der Waals surface area (Å²) >= 11 is 1.67. The molecule has 0 bridgehead atoms. The molecule has 6 rings (SSSR count). The lowest BCUT2D eigenvalue weighted by atomic mass is 9.96. The van der Waals surface area contributed by atoms with Crippen LogP contribution >= 0.6 is 11.3 Å². The van der Waals surface area contributed by atoms with Crippen LogP contribution in [0.1, 0.15) is 12.8 Å².